The number of esters is 1. The Morgan fingerprint density at radius 1 is 1.11 bits per heavy atom. The fourth-order valence-electron chi connectivity index (χ4n) is 4.13. The van der Waals surface area contributed by atoms with Crippen molar-refractivity contribution in [3.8, 4) is 5.75 Å². The number of aromatic nitrogens is 1. The van der Waals surface area contributed by atoms with Crippen LogP contribution in [0.15, 0.2) is 70.3 Å². The fraction of sp³-hybridized carbons (Fsp3) is 0.154. The molecule has 0 aliphatic carbocycles. The summed E-state index contributed by atoms with van der Waals surface area (Å²) in [7, 11) is 2.77. The summed E-state index contributed by atoms with van der Waals surface area (Å²) in [6.07, 6.45) is 0. The predicted molar refractivity (Wildman–Crippen MR) is 132 cm³/mol. The number of aryl methyl sites for hydroxylation is 1. The van der Waals surface area contributed by atoms with Crippen molar-refractivity contribution in [2.24, 2.45) is 0 Å². The van der Waals surface area contributed by atoms with E-state index >= 15 is 0 Å². The number of carbonyl (C=O) groups is 3. The molecule has 0 fully saturated rings. The Kier molecular flexibility index (Phi) is 5.81. The van der Waals surface area contributed by atoms with Gasteiger partial charge in [-0.2, -0.15) is 0 Å². The summed E-state index contributed by atoms with van der Waals surface area (Å²) >= 11 is 0.937. The van der Waals surface area contributed by atoms with Gasteiger partial charge in [-0.25, -0.2) is 9.78 Å². The summed E-state index contributed by atoms with van der Waals surface area (Å²) < 4.78 is 15.8. The molecular weight excluding hydrogens is 484 g/mol. The molecule has 0 saturated heterocycles. The summed E-state index contributed by atoms with van der Waals surface area (Å²) in [5.74, 6) is -2.21. The highest BCUT2D eigenvalue weighted by atomic mass is 32.1. The standard InChI is InChI=1S/C26H20N2O7S/c1-13-23(25(32)34-3)36-26(27-13)28-20(14-8-10-16(33-2)11-9-14)19(22(30)24(28)31)21(29)18-12-15-6-4-5-7-17(15)35-18/h4-12,20,30H,1-3H3/t20-/m1/s1. The normalized spacial score (nSPS) is 15.6. The van der Waals surface area contributed by atoms with E-state index in [0.29, 0.717) is 28.0 Å². The summed E-state index contributed by atoms with van der Waals surface area (Å²) in [6.45, 7) is 1.61. The quantitative estimate of drug-likeness (QED) is 0.294. The number of carbonyl (C=O) groups excluding carboxylic acids is 3. The second kappa shape index (κ2) is 8.97. The van der Waals surface area contributed by atoms with Gasteiger partial charge in [-0.1, -0.05) is 41.7 Å². The molecule has 2 aromatic carbocycles. The van der Waals surface area contributed by atoms with Gasteiger partial charge in [-0.3, -0.25) is 14.5 Å². The molecule has 1 amide bonds. The van der Waals surface area contributed by atoms with E-state index in [-0.39, 0.29) is 21.3 Å². The highest BCUT2D eigenvalue weighted by Gasteiger charge is 2.47. The number of anilines is 1. The Hall–Kier alpha value is -4.44. The molecule has 0 spiro atoms. The predicted octanol–water partition coefficient (Wildman–Crippen LogP) is 4.78. The Balaban J connectivity index is 1.65. The first-order chi connectivity index (χ1) is 17.3. The van der Waals surface area contributed by atoms with Crippen LogP contribution in [0.1, 0.15) is 37.5 Å². The van der Waals surface area contributed by atoms with Gasteiger partial charge in [-0.15, -0.1) is 0 Å². The number of thiazole rings is 1. The average Bonchev–Trinajstić information content (AvgIpc) is 3.57. The minimum absolute atomic E-state index is 0.0171. The number of fused-ring (bicyclic) bond motifs is 1. The van der Waals surface area contributed by atoms with Crippen LogP contribution in [0.25, 0.3) is 11.0 Å². The summed E-state index contributed by atoms with van der Waals surface area (Å²) in [4.78, 5) is 45.0. The summed E-state index contributed by atoms with van der Waals surface area (Å²) in [5.41, 5.74) is 1.23. The van der Waals surface area contributed by atoms with Gasteiger partial charge in [0.15, 0.2) is 16.7 Å². The number of ether oxygens (including phenoxy) is 2. The number of ketones is 1. The van der Waals surface area contributed by atoms with Crippen LogP contribution in [0.3, 0.4) is 0 Å². The van der Waals surface area contributed by atoms with Crippen molar-refractivity contribution in [2.75, 3.05) is 19.1 Å². The Bertz CT molecular complexity index is 1520. The van der Waals surface area contributed by atoms with E-state index in [9.17, 15) is 19.5 Å². The van der Waals surface area contributed by atoms with Gasteiger partial charge in [0.25, 0.3) is 5.91 Å². The molecule has 182 valence electrons. The van der Waals surface area contributed by atoms with Crippen LogP contribution in [0.2, 0.25) is 0 Å². The largest absolute Gasteiger partial charge is 0.503 e. The van der Waals surface area contributed by atoms with Crippen molar-refractivity contribution < 1.29 is 33.4 Å². The van der Waals surface area contributed by atoms with Crippen molar-refractivity contribution in [3.63, 3.8) is 0 Å². The fourth-order valence-corrected chi connectivity index (χ4v) is 5.14. The third kappa shape index (κ3) is 3.72. The topological polar surface area (TPSA) is 119 Å². The van der Waals surface area contributed by atoms with Crippen LogP contribution in [-0.2, 0) is 9.53 Å². The molecule has 9 nitrogen and oxygen atoms in total. The molecule has 1 aliphatic heterocycles. The zero-order valence-electron chi connectivity index (χ0n) is 19.5. The van der Waals surface area contributed by atoms with Crippen LogP contribution in [0.5, 0.6) is 5.75 Å². The van der Waals surface area contributed by atoms with Gasteiger partial charge in [0.2, 0.25) is 5.78 Å². The zero-order valence-corrected chi connectivity index (χ0v) is 20.3. The maximum atomic E-state index is 13.7. The monoisotopic (exact) mass is 504 g/mol. The van der Waals surface area contributed by atoms with E-state index in [1.165, 1.54) is 19.1 Å². The number of rotatable bonds is 6. The third-order valence-electron chi connectivity index (χ3n) is 5.90. The number of aliphatic hydroxyl groups is 1. The molecule has 2 aromatic heterocycles. The number of methoxy groups -OCH3 is 2. The van der Waals surface area contributed by atoms with Gasteiger partial charge < -0.3 is 19.0 Å². The molecule has 0 radical (unpaired) electrons. The number of Topliss-reactive ketones (excluding diaryl/α,β-unsaturated/α-hetero) is 1. The summed E-state index contributed by atoms with van der Waals surface area (Å²) in [5, 5.41) is 11.8. The maximum Gasteiger partial charge on any atom is 0.350 e. The highest BCUT2D eigenvalue weighted by molar-refractivity contribution is 7.17. The van der Waals surface area contributed by atoms with E-state index in [4.69, 9.17) is 13.9 Å². The van der Waals surface area contributed by atoms with Crippen molar-refractivity contribution in [1.29, 1.82) is 0 Å². The van der Waals surface area contributed by atoms with Gasteiger partial charge in [0.05, 0.1) is 31.5 Å². The van der Waals surface area contributed by atoms with Crippen LogP contribution in [0.4, 0.5) is 5.13 Å². The van der Waals surface area contributed by atoms with E-state index in [0.717, 1.165) is 11.3 Å². The second-order valence-corrected chi connectivity index (χ2v) is 8.97. The lowest BCUT2D eigenvalue weighted by atomic mass is 9.95. The number of aliphatic hydroxyl groups excluding tert-OH is 1. The minimum atomic E-state index is -1.03. The highest BCUT2D eigenvalue weighted by Crippen LogP contribution is 2.44. The Morgan fingerprint density at radius 3 is 2.50 bits per heavy atom. The Labute approximate surface area is 209 Å². The Morgan fingerprint density at radius 2 is 1.83 bits per heavy atom. The number of para-hydroxylation sites is 1. The van der Waals surface area contributed by atoms with E-state index < -0.39 is 29.5 Å². The lowest BCUT2D eigenvalue weighted by molar-refractivity contribution is -0.117. The molecule has 0 unspecified atom stereocenters. The summed E-state index contributed by atoms with van der Waals surface area (Å²) in [6, 6.07) is 14.4. The number of hydrogen-bond acceptors (Lipinski definition) is 9. The smallest absolute Gasteiger partial charge is 0.350 e. The van der Waals surface area contributed by atoms with Crippen molar-refractivity contribution in [1.82, 2.24) is 4.98 Å². The first kappa shape index (κ1) is 23.3. The second-order valence-electron chi connectivity index (χ2n) is 7.99. The van der Waals surface area contributed by atoms with Gasteiger partial charge in [0.1, 0.15) is 16.2 Å². The maximum absolute atomic E-state index is 13.7. The molecule has 10 heteroatoms. The molecule has 0 bridgehead atoms. The van der Waals surface area contributed by atoms with Crippen molar-refractivity contribution >= 4 is 45.1 Å². The minimum Gasteiger partial charge on any atom is -0.503 e. The number of benzene rings is 2. The van der Waals surface area contributed by atoms with E-state index in [2.05, 4.69) is 4.98 Å². The molecule has 4 aromatic rings. The number of nitrogens with zero attached hydrogens (tertiary/aromatic N) is 2. The molecule has 3 heterocycles. The van der Waals surface area contributed by atoms with Crippen LogP contribution in [0, 0.1) is 6.92 Å². The van der Waals surface area contributed by atoms with Gasteiger partial charge in [-0.05, 0) is 36.8 Å². The van der Waals surface area contributed by atoms with Crippen LogP contribution < -0.4 is 9.64 Å². The van der Waals surface area contributed by atoms with Crippen molar-refractivity contribution in [3.05, 3.63) is 87.8 Å². The SMILES string of the molecule is COC(=O)c1sc(N2C(=O)C(O)=C(C(=O)c3cc4ccccc4o3)[C@H]2c2ccc(OC)cc2)nc1C. The van der Waals surface area contributed by atoms with Crippen molar-refractivity contribution in [2.45, 2.75) is 13.0 Å². The average molecular weight is 505 g/mol. The number of amides is 1. The lowest BCUT2D eigenvalue weighted by Crippen LogP contribution is -2.31. The molecule has 5 rings (SSSR count). The number of furan rings is 1. The molecule has 1 N–H and O–H groups in total. The lowest BCUT2D eigenvalue weighted by Gasteiger charge is -2.24. The zero-order chi connectivity index (χ0) is 25.6. The number of hydrogen-bond donors (Lipinski definition) is 1. The van der Waals surface area contributed by atoms with E-state index in [1.807, 2.05) is 6.07 Å². The molecule has 36 heavy (non-hydrogen) atoms. The van der Waals surface area contributed by atoms with Crippen LogP contribution >= 0.6 is 11.3 Å². The molecule has 1 atom stereocenters. The van der Waals surface area contributed by atoms with Gasteiger partial charge >= 0.3 is 5.97 Å². The van der Waals surface area contributed by atoms with E-state index in [1.54, 1.807) is 55.5 Å². The first-order valence-corrected chi connectivity index (χ1v) is 11.6. The molecular formula is C26H20N2O7S. The van der Waals surface area contributed by atoms with Gasteiger partial charge in [0, 0.05) is 5.39 Å². The first-order valence-electron chi connectivity index (χ1n) is 10.8. The third-order valence-corrected chi connectivity index (χ3v) is 7.03. The molecule has 1 aliphatic rings. The van der Waals surface area contributed by atoms with Crippen LogP contribution in [-0.4, -0.2) is 42.0 Å². The molecule has 0 saturated carbocycles.